The molecule has 2 aliphatic heterocycles. The molecule has 1 fully saturated rings. The molecule has 0 radical (unpaired) electrons. The number of thiocarbonyl (C=S) groups is 1. The van der Waals surface area contributed by atoms with Crippen molar-refractivity contribution in [2.45, 2.75) is 20.8 Å². The zero-order chi connectivity index (χ0) is 20.6. The largest absolute Gasteiger partial charge is 0.480 e. The summed E-state index contributed by atoms with van der Waals surface area (Å²) in [6.45, 7) is 5.54. The van der Waals surface area contributed by atoms with Gasteiger partial charge in [-0.15, -0.1) is 0 Å². The number of carboxylic acids is 1. The number of ether oxygens (including phenoxy) is 1. The van der Waals surface area contributed by atoms with Crippen LogP contribution in [-0.2, 0) is 9.59 Å². The number of hydrogen-bond acceptors (Lipinski definition) is 6. The van der Waals surface area contributed by atoms with E-state index in [0.29, 0.717) is 10.8 Å². The predicted octanol–water partition coefficient (Wildman–Crippen LogP) is 3.75. The van der Waals surface area contributed by atoms with Gasteiger partial charge in [0.05, 0.1) is 10.6 Å². The van der Waals surface area contributed by atoms with E-state index >= 15 is 0 Å². The molecule has 0 atom stereocenters. The Morgan fingerprint density at radius 3 is 2.68 bits per heavy atom. The van der Waals surface area contributed by atoms with Crippen LogP contribution in [0.5, 0.6) is 5.75 Å². The lowest BCUT2D eigenvalue weighted by molar-refractivity contribution is -0.140. The molecule has 28 heavy (non-hydrogen) atoms. The summed E-state index contributed by atoms with van der Waals surface area (Å²) in [7, 11) is 1.94. The molecule has 1 amide bonds. The first-order valence-electron chi connectivity index (χ1n) is 8.56. The minimum atomic E-state index is -1.10. The number of nitrogens with zero attached hydrogens (tertiary/aromatic N) is 2. The molecule has 1 aromatic carbocycles. The van der Waals surface area contributed by atoms with Crippen LogP contribution in [0.2, 0.25) is 0 Å². The Morgan fingerprint density at radius 1 is 1.32 bits per heavy atom. The minimum Gasteiger partial charge on any atom is -0.480 e. The number of carboxylic acid groups (broad SMARTS) is 1. The Labute approximate surface area is 173 Å². The van der Waals surface area contributed by atoms with E-state index in [4.69, 9.17) is 22.1 Å². The van der Waals surface area contributed by atoms with E-state index < -0.39 is 12.5 Å². The zero-order valence-corrected chi connectivity index (χ0v) is 17.6. The van der Waals surface area contributed by atoms with Crippen LogP contribution in [0.1, 0.15) is 18.1 Å². The number of thioether (sulfide) groups is 1. The van der Waals surface area contributed by atoms with Gasteiger partial charge in [0.1, 0.15) is 10.9 Å². The van der Waals surface area contributed by atoms with Gasteiger partial charge < -0.3 is 14.7 Å². The average molecular weight is 417 g/mol. The third kappa shape index (κ3) is 3.98. The average Bonchev–Trinajstić information content (AvgIpc) is 3.05. The van der Waals surface area contributed by atoms with Gasteiger partial charge in [-0.2, -0.15) is 0 Å². The van der Waals surface area contributed by atoms with Crippen molar-refractivity contribution in [2.24, 2.45) is 0 Å². The number of hydrogen-bond donors (Lipinski definition) is 1. The number of allylic oxidation sites excluding steroid dienone is 4. The van der Waals surface area contributed by atoms with E-state index in [1.54, 1.807) is 6.08 Å². The lowest BCUT2D eigenvalue weighted by Gasteiger charge is -2.11. The van der Waals surface area contributed by atoms with Gasteiger partial charge in [-0.05, 0) is 61.8 Å². The quantitative estimate of drug-likeness (QED) is 0.592. The minimum absolute atomic E-state index is 0.254. The fraction of sp³-hybridized carbons (Fsp3) is 0.250. The SMILES string of the molecule is CC(=C\C=C1/Oc2cc(C)c(C)cc2N1C)/C=C1/SC(=S)N(CC(=O)O)C1=O. The summed E-state index contributed by atoms with van der Waals surface area (Å²) in [6, 6.07) is 4.11. The van der Waals surface area contributed by atoms with Gasteiger partial charge in [-0.25, -0.2) is 0 Å². The van der Waals surface area contributed by atoms with Gasteiger partial charge in [0, 0.05) is 7.05 Å². The molecule has 1 saturated heterocycles. The highest BCUT2D eigenvalue weighted by Gasteiger charge is 2.33. The van der Waals surface area contributed by atoms with Crippen LogP contribution in [0.3, 0.4) is 0 Å². The summed E-state index contributed by atoms with van der Waals surface area (Å²) >= 11 is 6.21. The topological polar surface area (TPSA) is 70.1 Å². The number of amides is 1. The van der Waals surface area contributed by atoms with Crippen molar-refractivity contribution >= 4 is 45.9 Å². The molecule has 2 aliphatic rings. The fourth-order valence-corrected chi connectivity index (χ4v) is 4.10. The van der Waals surface area contributed by atoms with Gasteiger partial charge in [0.25, 0.3) is 5.91 Å². The molecular weight excluding hydrogens is 396 g/mol. The smallest absolute Gasteiger partial charge is 0.323 e. The van der Waals surface area contributed by atoms with Crippen LogP contribution >= 0.6 is 24.0 Å². The van der Waals surface area contributed by atoms with E-state index in [2.05, 4.69) is 13.0 Å². The number of anilines is 1. The van der Waals surface area contributed by atoms with Gasteiger partial charge in [-0.1, -0.05) is 30.1 Å². The number of carbonyl (C=O) groups excluding carboxylic acids is 1. The van der Waals surface area contributed by atoms with E-state index in [0.717, 1.165) is 33.7 Å². The molecular formula is C20H20N2O4S2. The Morgan fingerprint density at radius 2 is 2.00 bits per heavy atom. The summed E-state index contributed by atoms with van der Waals surface area (Å²) in [5, 5.41) is 8.90. The number of aliphatic carboxylic acids is 1. The second kappa shape index (κ2) is 7.81. The molecule has 1 aromatic rings. The lowest BCUT2D eigenvalue weighted by Crippen LogP contribution is -2.33. The van der Waals surface area contributed by atoms with Gasteiger partial charge in [0.15, 0.2) is 11.6 Å². The molecule has 1 N–H and O–H groups in total. The van der Waals surface area contributed by atoms with Gasteiger partial charge in [-0.3, -0.25) is 14.5 Å². The molecule has 0 spiro atoms. The van der Waals surface area contributed by atoms with Gasteiger partial charge >= 0.3 is 5.97 Å². The van der Waals surface area contributed by atoms with Crippen LogP contribution in [-0.4, -0.2) is 39.8 Å². The van der Waals surface area contributed by atoms with E-state index in [9.17, 15) is 9.59 Å². The second-order valence-corrected chi connectivity index (χ2v) is 8.32. The van der Waals surface area contributed by atoms with Crippen molar-refractivity contribution < 1.29 is 19.4 Å². The van der Waals surface area contributed by atoms with E-state index in [1.165, 1.54) is 11.1 Å². The summed E-state index contributed by atoms with van der Waals surface area (Å²) in [4.78, 5) is 26.7. The van der Waals surface area contributed by atoms with Crippen molar-refractivity contribution in [1.82, 2.24) is 4.90 Å². The monoisotopic (exact) mass is 416 g/mol. The highest BCUT2D eigenvalue weighted by Crippen LogP contribution is 2.39. The maximum atomic E-state index is 12.3. The highest BCUT2D eigenvalue weighted by atomic mass is 32.2. The molecule has 0 aromatic heterocycles. The lowest BCUT2D eigenvalue weighted by atomic mass is 10.1. The van der Waals surface area contributed by atoms with Crippen LogP contribution in [0.15, 0.2) is 46.7 Å². The fourth-order valence-electron chi connectivity index (χ4n) is 2.79. The first kappa shape index (κ1) is 20.2. The molecule has 2 heterocycles. The second-order valence-electron chi connectivity index (χ2n) is 6.64. The first-order valence-corrected chi connectivity index (χ1v) is 9.78. The Bertz CT molecular complexity index is 979. The number of fused-ring (bicyclic) bond motifs is 1. The van der Waals surface area contributed by atoms with Crippen molar-refractivity contribution in [3.8, 4) is 5.75 Å². The van der Waals surface area contributed by atoms with Crippen molar-refractivity contribution in [3.05, 3.63) is 57.8 Å². The number of aryl methyl sites for hydroxylation is 2. The van der Waals surface area contributed by atoms with Crippen molar-refractivity contribution in [2.75, 3.05) is 18.5 Å². The van der Waals surface area contributed by atoms with Crippen LogP contribution < -0.4 is 9.64 Å². The Hall–Kier alpha value is -2.58. The predicted molar refractivity (Wildman–Crippen MR) is 114 cm³/mol. The number of carbonyl (C=O) groups is 2. The van der Waals surface area contributed by atoms with Gasteiger partial charge in [0.2, 0.25) is 0 Å². The number of rotatable bonds is 4. The van der Waals surface area contributed by atoms with Crippen LogP contribution in [0.4, 0.5) is 5.69 Å². The number of benzene rings is 1. The third-order valence-corrected chi connectivity index (χ3v) is 5.87. The van der Waals surface area contributed by atoms with Crippen molar-refractivity contribution in [1.29, 1.82) is 0 Å². The summed E-state index contributed by atoms with van der Waals surface area (Å²) in [5.74, 6) is 0.0232. The highest BCUT2D eigenvalue weighted by molar-refractivity contribution is 8.26. The molecule has 0 saturated carbocycles. The molecule has 8 heteroatoms. The van der Waals surface area contributed by atoms with Crippen molar-refractivity contribution in [3.63, 3.8) is 0 Å². The standard InChI is InChI=1S/C20H20N2O4S2/c1-11(7-16-19(25)22(10-18(23)24)20(27)28-16)5-6-17-21(4)14-8-12(2)13(3)9-15(14)26-17/h5-9H,10H2,1-4H3,(H,23,24)/b11-5+,16-7+,17-6-. The molecule has 3 rings (SSSR count). The summed E-state index contributed by atoms with van der Waals surface area (Å²) in [5.41, 5.74) is 4.20. The van der Waals surface area contributed by atoms with Crippen LogP contribution in [0.25, 0.3) is 0 Å². The molecule has 0 unspecified atom stereocenters. The molecule has 0 bridgehead atoms. The van der Waals surface area contributed by atoms with E-state index in [1.807, 2.05) is 44.0 Å². The van der Waals surface area contributed by atoms with Crippen LogP contribution in [0, 0.1) is 13.8 Å². The Balaban J connectivity index is 1.78. The third-order valence-electron chi connectivity index (χ3n) is 4.50. The summed E-state index contributed by atoms with van der Waals surface area (Å²) < 4.78 is 6.18. The normalized spacial score (nSPS) is 19.6. The van der Waals surface area contributed by atoms with E-state index in [-0.39, 0.29) is 10.2 Å². The Kier molecular flexibility index (Phi) is 5.62. The zero-order valence-electron chi connectivity index (χ0n) is 16.0. The maximum Gasteiger partial charge on any atom is 0.323 e. The maximum absolute atomic E-state index is 12.3. The molecule has 0 aliphatic carbocycles. The molecule has 6 nitrogen and oxygen atoms in total. The first-order chi connectivity index (χ1) is 13.2. The molecule has 146 valence electrons. The summed E-state index contributed by atoms with van der Waals surface area (Å²) in [6.07, 6.45) is 5.39.